The van der Waals surface area contributed by atoms with Crippen molar-refractivity contribution in [2.24, 2.45) is 5.73 Å². The average Bonchev–Trinajstić information content (AvgIpc) is 2.37. The second-order valence-electron chi connectivity index (χ2n) is 4.13. The summed E-state index contributed by atoms with van der Waals surface area (Å²) < 4.78 is 18.4. The van der Waals surface area contributed by atoms with Crippen LogP contribution in [0.3, 0.4) is 0 Å². The van der Waals surface area contributed by atoms with Crippen LogP contribution in [-0.4, -0.2) is 19.1 Å². The SMILES string of the molecule is CC[C@H](N)C(=O)NC(C)c1cc(F)ccc1OC. The second-order valence-corrected chi connectivity index (χ2v) is 4.13. The smallest absolute Gasteiger partial charge is 0.237 e. The number of benzene rings is 1. The summed E-state index contributed by atoms with van der Waals surface area (Å²) >= 11 is 0. The number of halogens is 1. The van der Waals surface area contributed by atoms with Crippen LogP contribution in [0.25, 0.3) is 0 Å². The minimum Gasteiger partial charge on any atom is -0.496 e. The molecule has 0 spiro atoms. The van der Waals surface area contributed by atoms with Gasteiger partial charge in [-0.15, -0.1) is 0 Å². The molecular formula is C13H19FN2O2. The molecule has 0 fully saturated rings. The summed E-state index contributed by atoms with van der Waals surface area (Å²) in [5.41, 5.74) is 6.22. The van der Waals surface area contributed by atoms with Crippen LogP contribution in [0.4, 0.5) is 4.39 Å². The summed E-state index contributed by atoms with van der Waals surface area (Å²) in [7, 11) is 1.50. The van der Waals surface area contributed by atoms with Crippen molar-refractivity contribution >= 4 is 5.91 Å². The molecule has 0 saturated carbocycles. The fourth-order valence-electron chi connectivity index (χ4n) is 1.63. The molecule has 1 aromatic carbocycles. The van der Waals surface area contributed by atoms with E-state index in [1.54, 1.807) is 6.92 Å². The minimum atomic E-state index is -0.549. The first kappa shape index (κ1) is 14.4. The first-order valence-electron chi connectivity index (χ1n) is 5.89. The van der Waals surface area contributed by atoms with Crippen molar-refractivity contribution in [3.05, 3.63) is 29.6 Å². The van der Waals surface area contributed by atoms with Crippen LogP contribution in [0.15, 0.2) is 18.2 Å². The lowest BCUT2D eigenvalue weighted by Gasteiger charge is -2.19. The van der Waals surface area contributed by atoms with E-state index in [4.69, 9.17) is 10.5 Å². The lowest BCUT2D eigenvalue weighted by molar-refractivity contribution is -0.123. The molecule has 3 N–H and O–H groups in total. The van der Waals surface area contributed by atoms with Gasteiger partial charge in [-0.05, 0) is 31.5 Å². The average molecular weight is 254 g/mol. The van der Waals surface area contributed by atoms with Crippen LogP contribution in [0.2, 0.25) is 0 Å². The van der Waals surface area contributed by atoms with Gasteiger partial charge < -0.3 is 15.8 Å². The second kappa shape index (κ2) is 6.35. The van der Waals surface area contributed by atoms with Gasteiger partial charge in [-0.1, -0.05) is 6.92 Å². The number of amides is 1. The van der Waals surface area contributed by atoms with Gasteiger partial charge in [0, 0.05) is 5.56 Å². The maximum absolute atomic E-state index is 13.2. The van der Waals surface area contributed by atoms with E-state index in [1.807, 2.05) is 6.92 Å². The molecule has 1 aromatic rings. The largest absolute Gasteiger partial charge is 0.496 e. The van der Waals surface area contributed by atoms with Gasteiger partial charge in [-0.25, -0.2) is 4.39 Å². The van der Waals surface area contributed by atoms with Gasteiger partial charge in [0.15, 0.2) is 0 Å². The number of nitrogens with one attached hydrogen (secondary N) is 1. The molecular weight excluding hydrogens is 235 g/mol. The predicted molar refractivity (Wildman–Crippen MR) is 67.8 cm³/mol. The number of hydrogen-bond acceptors (Lipinski definition) is 3. The Kier molecular flexibility index (Phi) is 5.09. The Morgan fingerprint density at radius 2 is 2.22 bits per heavy atom. The molecule has 0 bridgehead atoms. The van der Waals surface area contributed by atoms with Gasteiger partial charge in [0.2, 0.25) is 5.91 Å². The van der Waals surface area contributed by atoms with Crippen molar-refractivity contribution in [1.29, 1.82) is 0 Å². The van der Waals surface area contributed by atoms with Crippen molar-refractivity contribution in [1.82, 2.24) is 5.32 Å². The number of nitrogens with two attached hydrogens (primary N) is 1. The third kappa shape index (κ3) is 3.43. The molecule has 5 heteroatoms. The third-order valence-electron chi connectivity index (χ3n) is 2.79. The lowest BCUT2D eigenvalue weighted by Crippen LogP contribution is -2.41. The zero-order valence-corrected chi connectivity index (χ0v) is 10.9. The summed E-state index contributed by atoms with van der Waals surface area (Å²) in [6.45, 7) is 3.59. The zero-order chi connectivity index (χ0) is 13.7. The molecule has 1 unspecified atom stereocenters. The van der Waals surface area contributed by atoms with Crippen LogP contribution >= 0.6 is 0 Å². The van der Waals surface area contributed by atoms with E-state index in [2.05, 4.69) is 5.32 Å². The van der Waals surface area contributed by atoms with Crippen LogP contribution in [0.5, 0.6) is 5.75 Å². The highest BCUT2D eigenvalue weighted by atomic mass is 19.1. The number of ether oxygens (including phenoxy) is 1. The van der Waals surface area contributed by atoms with Crippen LogP contribution in [0, 0.1) is 5.82 Å². The van der Waals surface area contributed by atoms with Crippen molar-refractivity contribution in [3.63, 3.8) is 0 Å². The number of carbonyl (C=O) groups excluding carboxylic acids is 1. The highest BCUT2D eigenvalue weighted by Crippen LogP contribution is 2.25. The van der Waals surface area contributed by atoms with Crippen molar-refractivity contribution in [2.45, 2.75) is 32.4 Å². The molecule has 2 atom stereocenters. The quantitative estimate of drug-likeness (QED) is 0.841. The van der Waals surface area contributed by atoms with E-state index in [0.29, 0.717) is 17.7 Å². The molecule has 0 aliphatic heterocycles. The molecule has 0 heterocycles. The fourth-order valence-corrected chi connectivity index (χ4v) is 1.63. The standard InChI is InChI=1S/C13H19FN2O2/c1-4-11(15)13(17)16-8(2)10-7-9(14)5-6-12(10)18-3/h5-8,11H,4,15H2,1-3H3,(H,16,17)/t8?,11-/m0/s1. The van der Waals surface area contributed by atoms with Gasteiger partial charge in [-0.3, -0.25) is 4.79 Å². The van der Waals surface area contributed by atoms with Crippen LogP contribution in [0.1, 0.15) is 31.9 Å². The van der Waals surface area contributed by atoms with Crippen molar-refractivity contribution < 1.29 is 13.9 Å². The van der Waals surface area contributed by atoms with Crippen LogP contribution < -0.4 is 15.8 Å². The highest BCUT2D eigenvalue weighted by molar-refractivity contribution is 5.81. The third-order valence-corrected chi connectivity index (χ3v) is 2.79. The van der Waals surface area contributed by atoms with Gasteiger partial charge in [0.05, 0.1) is 19.2 Å². The lowest BCUT2D eigenvalue weighted by atomic mass is 10.1. The van der Waals surface area contributed by atoms with Gasteiger partial charge in [0.25, 0.3) is 0 Å². The van der Waals surface area contributed by atoms with E-state index in [0.717, 1.165) is 0 Å². The summed E-state index contributed by atoms with van der Waals surface area (Å²) in [5, 5.41) is 2.74. The minimum absolute atomic E-state index is 0.253. The van der Waals surface area contributed by atoms with Crippen molar-refractivity contribution in [3.8, 4) is 5.75 Å². The highest BCUT2D eigenvalue weighted by Gasteiger charge is 2.18. The Morgan fingerprint density at radius 1 is 1.56 bits per heavy atom. The zero-order valence-electron chi connectivity index (χ0n) is 10.9. The Morgan fingerprint density at radius 3 is 2.78 bits per heavy atom. The van der Waals surface area contributed by atoms with Crippen molar-refractivity contribution in [2.75, 3.05) is 7.11 Å². The molecule has 0 radical (unpaired) electrons. The molecule has 4 nitrogen and oxygen atoms in total. The monoisotopic (exact) mass is 254 g/mol. The van der Waals surface area contributed by atoms with E-state index < -0.39 is 6.04 Å². The van der Waals surface area contributed by atoms with Gasteiger partial charge in [-0.2, -0.15) is 0 Å². The molecule has 0 saturated heterocycles. The number of carbonyl (C=O) groups is 1. The molecule has 18 heavy (non-hydrogen) atoms. The van der Waals surface area contributed by atoms with Gasteiger partial charge in [0.1, 0.15) is 11.6 Å². The van der Waals surface area contributed by atoms with Crippen LogP contribution in [-0.2, 0) is 4.79 Å². The first-order chi connectivity index (χ1) is 8.49. The summed E-state index contributed by atoms with van der Waals surface area (Å²) in [6.07, 6.45) is 0.554. The Bertz CT molecular complexity index is 423. The fraction of sp³-hybridized carbons (Fsp3) is 0.462. The molecule has 0 aliphatic rings. The van der Waals surface area contributed by atoms with E-state index in [-0.39, 0.29) is 17.8 Å². The number of hydrogen-bond donors (Lipinski definition) is 2. The molecule has 0 aromatic heterocycles. The number of rotatable bonds is 5. The Hall–Kier alpha value is -1.62. The summed E-state index contributed by atoms with van der Waals surface area (Å²) in [4.78, 5) is 11.7. The predicted octanol–water partition coefficient (Wildman–Crippen LogP) is 1.75. The number of methoxy groups -OCH3 is 1. The summed E-state index contributed by atoms with van der Waals surface area (Å²) in [6, 6.07) is 3.29. The van der Waals surface area contributed by atoms with E-state index >= 15 is 0 Å². The summed E-state index contributed by atoms with van der Waals surface area (Å²) in [5.74, 6) is -0.0859. The van der Waals surface area contributed by atoms with E-state index in [1.165, 1.54) is 25.3 Å². The van der Waals surface area contributed by atoms with E-state index in [9.17, 15) is 9.18 Å². The normalized spacial score (nSPS) is 13.8. The maximum atomic E-state index is 13.2. The Labute approximate surface area is 106 Å². The van der Waals surface area contributed by atoms with Gasteiger partial charge >= 0.3 is 0 Å². The maximum Gasteiger partial charge on any atom is 0.237 e. The molecule has 1 rings (SSSR count). The molecule has 100 valence electrons. The topological polar surface area (TPSA) is 64.4 Å². The molecule has 0 aliphatic carbocycles. The Balaban J connectivity index is 2.86. The first-order valence-corrected chi connectivity index (χ1v) is 5.89. The molecule has 1 amide bonds.